The largest absolute Gasteiger partial charge is 0.350 e. The highest BCUT2D eigenvalue weighted by Gasteiger charge is 2.39. The molecule has 0 aliphatic heterocycles. The summed E-state index contributed by atoms with van der Waals surface area (Å²) in [4.78, 5) is 15.2. The molecule has 2 aliphatic carbocycles. The van der Waals surface area contributed by atoms with E-state index in [1.165, 1.54) is 37.7 Å². The average molecular weight is 344 g/mol. The molecule has 3 atom stereocenters. The lowest BCUT2D eigenvalue weighted by molar-refractivity contribution is -0.124. The normalized spacial score (nSPS) is 25.2. The van der Waals surface area contributed by atoms with Gasteiger partial charge in [0.1, 0.15) is 0 Å². The van der Waals surface area contributed by atoms with Gasteiger partial charge in [0.05, 0.1) is 6.04 Å². The fraction of sp³-hybridized carbons (Fsp3) is 0.667. The first kappa shape index (κ1) is 18.4. The second-order valence-corrected chi connectivity index (χ2v) is 8.13. The molecular weight excluding hydrogens is 310 g/mol. The predicted octanol–water partition coefficient (Wildman–Crippen LogP) is 3.06. The zero-order valence-electron chi connectivity index (χ0n) is 15.7. The van der Waals surface area contributed by atoms with Gasteiger partial charge in [-0.1, -0.05) is 57.0 Å². The van der Waals surface area contributed by atoms with Gasteiger partial charge in [0.25, 0.3) is 0 Å². The molecule has 25 heavy (non-hydrogen) atoms. The van der Waals surface area contributed by atoms with Crippen molar-refractivity contribution in [2.45, 2.75) is 83.1 Å². The van der Waals surface area contributed by atoms with Crippen LogP contribution in [0.25, 0.3) is 0 Å². The summed E-state index contributed by atoms with van der Waals surface area (Å²) in [6.45, 7) is 5.00. The summed E-state index contributed by atoms with van der Waals surface area (Å²) < 4.78 is 0. The lowest BCUT2D eigenvalue weighted by atomic mass is 9.88. The Balaban J connectivity index is 1.70. The van der Waals surface area contributed by atoms with E-state index in [-0.39, 0.29) is 17.9 Å². The Kier molecular flexibility index (Phi) is 6.13. The van der Waals surface area contributed by atoms with Gasteiger partial charge in [0, 0.05) is 24.7 Å². The maximum absolute atomic E-state index is 12.5. The smallest absolute Gasteiger partial charge is 0.237 e. The van der Waals surface area contributed by atoms with Crippen LogP contribution in [0.5, 0.6) is 0 Å². The van der Waals surface area contributed by atoms with E-state index in [0.29, 0.717) is 12.1 Å². The van der Waals surface area contributed by atoms with Crippen molar-refractivity contribution in [1.82, 2.24) is 10.2 Å². The topological polar surface area (TPSA) is 58.4 Å². The molecule has 1 amide bonds. The molecule has 0 bridgehead atoms. The Bertz CT molecular complexity index is 556. The molecule has 4 heteroatoms. The van der Waals surface area contributed by atoms with E-state index in [1.807, 2.05) is 13.8 Å². The second kappa shape index (κ2) is 8.33. The first-order chi connectivity index (χ1) is 12.1. The van der Waals surface area contributed by atoms with Crippen LogP contribution in [-0.2, 0) is 11.3 Å². The van der Waals surface area contributed by atoms with Crippen LogP contribution in [0.15, 0.2) is 30.3 Å². The molecule has 3 N–H and O–H groups in total. The van der Waals surface area contributed by atoms with Crippen LogP contribution < -0.4 is 11.1 Å². The van der Waals surface area contributed by atoms with Gasteiger partial charge in [-0.15, -0.1) is 0 Å². The minimum Gasteiger partial charge on any atom is -0.350 e. The van der Waals surface area contributed by atoms with Crippen molar-refractivity contribution >= 4 is 5.91 Å². The maximum Gasteiger partial charge on any atom is 0.237 e. The van der Waals surface area contributed by atoms with Gasteiger partial charge < -0.3 is 11.1 Å². The summed E-state index contributed by atoms with van der Waals surface area (Å²) >= 11 is 0. The molecule has 0 radical (unpaired) electrons. The van der Waals surface area contributed by atoms with Crippen LogP contribution in [0.3, 0.4) is 0 Å². The third-order valence-electron chi connectivity index (χ3n) is 5.73. The van der Waals surface area contributed by atoms with Gasteiger partial charge in [0.2, 0.25) is 5.91 Å². The van der Waals surface area contributed by atoms with E-state index >= 15 is 0 Å². The minimum absolute atomic E-state index is 0.0161. The van der Waals surface area contributed by atoms with Crippen LogP contribution in [-0.4, -0.2) is 35.0 Å². The van der Waals surface area contributed by atoms with E-state index in [1.54, 1.807) is 0 Å². The number of nitrogens with two attached hydrogens (primary N) is 1. The van der Waals surface area contributed by atoms with Gasteiger partial charge in [-0.05, 0) is 37.2 Å². The fourth-order valence-electron chi connectivity index (χ4n) is 3.98. The van der Waals surface area contributed by atoms with Crippen molar-refractivity contribution in [3.8, 4) is 0 Å². The lowest BCUT2D eigenvalue weighted by Crippen LogP contribution is -2.57. The minimum atomic E-state index is -0.411. The van der Waals surface area contributed by atoms with Crippen molar-refractivity contribution < 1.29 is 4.79 Å². The van der Waals surface area contributed by atoms with Crippen molar-refractivity contribution in [1.29, 1.82) is 0 Å². The van der Waals surface area contributed by atoms with Crippen LogP contribution in [0.2, 0.25) is 0 Å². The molecule has 2 saturated carbocycles. The van der Waals surface area contributed by atoms with E-state index in [4.69, 9.17) is 5.73 Å². The molecule has 2 aliphatic rings. The van der Waals surface area contributed by atoms with Gasteiger partial charge in [-0.3, -0.25) is 9.69 Å². The summed E-state index contributed by atoms with van der Waals surface area (Å²) in [5.41, 5.74) is 7.43. The fourth-order valence-corrected chi connectivity index (χ4v) is 3.98. The maximum atomic E-state index is 12.5. The van der Waals surface area contributed by atoms with E-state index < -0.39 is 6.04 Å². The van der Waals surface area contributed by atoms with Crippen molar-refractivity contribution in [2.75, 3.05) is 0 Å². The van der Waals surface area contributed by atoms with Crippen LogP contribution in [0, 0.1) is 5.92 Å². The first-order valence-corrected chi connectivity index (χ1v) is 9.92. The van der Waals surface area contributed by atoms with Crippen molar-refractivity contribution in [3.05, 3.63) is 35.9 Å². The van der Waals surface area contributed by atoms with Gasteiger partial charge in [-0.2, -0.15) is 0 Å². The molecule has 0 saturated heterocycles. The molecule has 2 fully saturated rings. The summed E-state index contributed by atoms with van der Waals surface area (Å²) in [5, 5.41) is 3.29. The molecule has 0 heterocycles. The van der Waals surface area contributed by atoms with Crippen LogP contribution in [0.4, 0.5) is 0 Å². The molecule has 3 rings (SSSR count). The predicted molar refractivity (Wildman–Crippen MR) is 102 cm³/mol. The molecular formula is C21H33N3O. The number of carbonyl (C=O) groups excluding carboxylic acids is 1. The number of hydrogen-bond acceptors (Lipinski definition) is 3. The summed E-state index contributed by atoms with van der Waals surface area (Å²) in [6.07, 6.45) is 7.27. The Labute approximate surface area is 152 Å². The molecule has 4 nitrogen and oxygen atoms in total. The SMILES string of the molecule is CC(C)[C@H](N)C(=O)N[C@H]1CCCC[C@H]1N(Cc1ccccc1)C1CC1. The molecule has 0 aromatic heterocycles. The monoisotopic (exact) mass is 343 g/mol. The number of nitrogens with one attached hydrogen (secondary N) is 1. The standard InChI is InChI=1S/C21H33N3O/c1-15(2)20(22)21(25)23-18-10-6-7-11-19(18)24(17-12-13-17)14-16-8-4-3-5-9-16/h3-5,8-9,15,17-20H,6-7,10-14,22H2,1-2H3,(H,23,25)/t18-,19+,20-/m0/s1. The number of benzene rings is 1. The Hall–Kier alpha value is -1.39. The Morgan fingerprint density at radius 2 is 1.84 bits per heavy atom. The summed E-state index contributed by atoms with van der Waals surface area (Å²) in [5.74, 6) is 0.188. The molecule has 138 valence electrons. The zero-order valence-corrected chi connectivity index (χ0v) is 15.7. The van der Waals surface area contributed by atoms with Crippen molar-refractivity contribution in [3.63, 3.8) is 0 Å². The lowest BCUT2D eigenvalue weighted by Gasteiger charge is -2.41. The van der Waals surface area contributed by atoms with Gasteiger partial charge >= 0.3 is 0 Å². The van der Waals surface area contributed by atoms with Gasteiger partial charge in [-0.25, -0.2) is 0 Å². The highest BCUT2D eigenvalue weighted by atomic mass is 16.2. The molecule has 0 unspecified atom stereocenters. The Morgan fingerprint density at radius 1 is 1.16 bits per heavy atom. The number of carbonyl (C=O) groups is 1. The van der Waals surface area contributed by atoms with Crippen LogP contribution >= 0.6 is 0 Å². The summed E-state index contributed by atoms with van der Waals surface area (Å²) in [7, 11) is 0. The van der Waals surface area contributed by atoms with Gasteiger partial charge in [0.15, 0.2) is 0 Å². The third-order valence-corrected chi connectivity index (χ3v) is 5.73. The van der Waals surface area contributed by atoms with E-state index in [0.717, 1.165) is 13.0 Å². The third kappa shape index (κ3) is 4.83. The quantitative estimate of drug-likeness (QED) is 0.800. The number of hydrogen-bond donors (Lipinski definition) is 2. The molecule has 1 aromatic rings. The first-order valence-electron chi connectivity index (χ1n) is 9.92. The highest BCUT2D eigenvalue weighted by Crippen LogP contribution is 2.35. The Morgan fingerprint density at radius 3 is 2.48 bits per heavy atom. The zero-order chi connectivity index (χ0) is 17.8. The molecule has 0 spiro atoms. The number of amides is 1. The summed E-state index contributed by atoms with van der Waals surface area (Å²) in [6, 6.07) is 11.7. The van der Waals surface area contributed by atoms with E-state index in [9.17, 15) is 4.79 Å². The number of nitrogens with zero attached hydrogens (tertiary/aromatic N) is 1. The van der Waals surface area contributed by atoms with E-state index in [2.05, 4.69) is 40.5 Å². The van der Waals surface area contributed by atoms with Crippen LogP contribution in [0.1, 0.15) is 57.9 Å². The highest BCUT2D eigenvalue weighted by molar-refractivity contribution is 5.82. The second-order valence-electron chi connectivity index (χ2n) is 8.13. The van der Waals surface area contributed by atoms with Crippen molar-refractivity contribution in [2.24, 2.45) is 11.7 Å². The molecule has 1 aromatic carbocycles. The number of rotatable bonds is 7. The average Bonchev–Trinajstić information content (AvgIpc) is 3.45.